The standard InChI is InChI=1S/C14H15FN2O2S/c1-2-10-6-7-13(9-14(10)16)20(18,19)17-12-5-3-4-11(15)8-12/h3-9,17H,2,16H2,1H3. The fraction of sp³-hybridized carbons (Fsp3) is 0.143. The van der Waals surface area contributed by atoms with Gasteiger partial charge in [-0.3, -0.25) is 4.72 Å². The van der Waals surface area contributed by atoms with Gasteiger partial charge in [0.05, 0.1) is 10.6 Å². The summed E-state index contributed by atoms with van der Waals surface area (Å²) >= 11 is 0. The van der Waals surface area contributed by atoms with Gasteiger partial charge in [-0.1, -0.05) is 19.1 Å². The SMILES string of the molecule is CCc1ccc(S(=O)(=O)Nc2cccc(F)c2)cc1N. The van der Waals surface area contributed by atoms with E-state index in [4.69, 9.17) is 5.73 Å². The molecule has 0 saturated heterocycles. The van der Waals surface area contributed by atoms with Crippen molar-refractivity contribution in [2.45, 2.75) is 18.2 Å². The molecule has 0 amide bonds. The number of halogens is 1. The fourth-order valence-electron chi connectivity index (χ4n) is 1.83. The first-order valence-electron chi connectivity index (χ1n) is 6.09. The Bertz CT molecular complexity index is 730. The number of rotatable bonds is 4. The van der Waals surface area contributed by atoms with Crippen LogP contribution in [0.5, 0.6) is 0 Å². The maximum absolute atomic E-state index is 13.1. The van der Waals surface area contributed by atoms with Crippen molar-refractivity contribution >= 4 is 21.4 Å². The number of sulfonamides is 1. The lowest BCUT2D eigenvalue weighted by Crippen LogP contribution is -2.13. The van der Waals surface area contributed by atoms with E-state index in [2.05, 4.69) is 4.72 Å². The van der Waals surface area contributed by atoms with Gasteiger partial charge in [0.25, 0.3) is 10.0 Å². The molecule has 0 unspecified atom stereocenters. The van der Waals surface area contributed by atoms with Crippen molar-refractivity contribution in [2.24, 2.45) is 0 Å². The van der Waals surface area contributed by atoms with E-state index in [-0.39, 0.29) is 10.6 Å². The number of aryl methyl sites for hydroxylation is 1. The third kappa shape index (κ3) is 3.08. The Morgan fingerprint density at radius 1 is 1.20 bits per heavy atom. The third-order valence-corrected chi connectivity index (χ3v) is 4.26. The van der Waals surface area contributed by atoms with E-state index in [1.54, 1.807) is 6.07 Å². The smallest absolute Gasteiger partial charge is 0.261 e. The van der Waals surface area contributed by atoms with Gasteiger partial charge < -0.3 is 5.73 Å². The summed E-state index contributed by atoms with van der Waals surface area (Å²) in [4.78, 5) is 0.0523. The van der Waals surface area contributed by atoms with Crippen molar-refractivity contribution in [1.82, 2.24) is 0 Å². The van der Waals surface area contributed by atoms with E-state index in [0.717, 1.165) is 18.1 Å². The summed E-state index contributed by atoms with van der Waals surface area (Å²) < 4.78 is 39.7. The van der Waals surface area contributed by atoms with Crippen molar-refractivity contribution in [3.8, 4) is 0 Å². The minimum atomic E-state index is -3.77. The molecule has 106 valence electrons. The molecule has 4 nitrogen and oxygen atoms in total. The predicted molar refractivity (Wildman–Crippen MR) is 77.4 cm³/mol. The number of nitrogens with one attached hydrogen (secondary N) is 1. The first-order valence-corrected chi connectivity index (χ1v) is 7.57. The number of benzene rings is 2. The monoisotopic (exact) mass is 294 g/mol. The number of nitrogen functional groups attached to an aromatic ring is 1. The van der Waals surface area contributed by atoms with E-state index >= 15 is 0 Å². The Kier molecular flexibility index (Phi) is 3.94. The normalized spacial score (nSPS) is 11.3. The van der Waals surface area contributed by atoms with Gasteiger partial charge in [-0.2, -0.15) is 0 Å². The zero-order valence-corrected chi connectivity index (χ0v) is 11.7. The maximum atomic E-state index is 13.1. The molecule has 0 radical (unpaired) electrons. The third-order valence-electron chi connectivity index (χ3n) is 2.89. The minimum absolute atomic E-state index is 0.0523. The molecule has 0 aromatic heterocycles. The van der Waals surface area contributed by atoms with Gasteiger partial charge in [0.2, 0.25) is 0 Å². The molecule has 0 saturated carbocycles. The lowest BCUT2D eigenvalue weighted by atomic mass is 10.1. The molecule has 0 aliphatic rings. The molecule has 2 rings (SSSR count). The Hall–Kier alpha value is -2.08. The van der Waals surface area contributed by atoms with Crippen LogP contribution in [-0.4, -0.2) is 8.42 Å². The Morgan fingerprint density at radius 2 is 1.95 bits per heavy atom. The van der Waals surface area contributed by atoms with Crippen LogP contribution in [0.15, 0.2) is 47.4 Å². The van der Waals surface area contributed by atoms with Crippen LogP contribution >= 0.6 is 0 Å². The lowest BCUT2D eigenvalue weighted by Gasteiger charge is -2.10. The van der Waals surface area contributed by atoms with Crippen LogP contribution in [0.25, 0.3) is 0 Å². The molecule has 2 aromatic carbocycles. The van der Waals surface area contributed by atoms with Crippen LogP contribution in [0.1, 0.15) is 12.5 Å². The molecule has 6 heteroatoms. The van der Waals surface area contributed by atoms with Gasteiger partial charge in [0.15, 0.2) is 0 Å². The number of nitrogens with two attached hydrogens (primary N) is 1. The van der Waals surface area contributed by atoms with Crippen molar-refractivity contribution < 1.29 is 12.8 Å². The van der Waals surface area contributed by atoms with Crippen LogP contribution in [0.4, 0.5) is 15.8 Å². The van der Waals surface area contributed by atoms with Gasteiger partial charge in [-0.05, 0) is 42.3 Å². The zero-order valence-electron chi connectivity index (χ0n) is 10.9. The molecular formula is C14H15FN2O2S. The molecular weight excluding hydrogens is 279 g/mol. The Morgan fingerprint density at radius 3 is 2.55 bits per heavy atom. The predicted octanol–water partition coefficient (Wildman–Crippen LogP) is 2.77. The largest absolute Gasteiger partial charge is 0.398 e. The summed E-state index contributed by atoms with van der Waals surface area (Å²) in [6.45, 7) is 1.94. The van der Waals surface area contributed by atoms with Crippen molar-refractivity contribution in [3.05, 3.63) is 53.8 Å². The Labute approximate surface area is 117 Å². The summed E-state index contributed by atoms with van der Waals surface area (Å²) in [7, 11) is -3.77. The maximum Gasteiger partial charge on any atom is 0.261 e. The molecule has 0 bridgehead atoms. The second-order valence-corrected chi connectivity index (χ2v) is 6.01. The van der Waals surface area contributed by atoms with Gasteiger partial charge >= 0.3 is 0 Å². The molecule has 0 atom stereocenters. The summed E-state index contributed by atoms with van der Waals surface area (Å²) in [5.41, 5.74) is 7.27. The summed E-state index contributed by atoms with van der Waals surface area (Å²) in [6.07, 6.45) is 0.726. The quantitative estimate of drug-likeness (QED) is 0.852. The molecule has 0 aliphatic heterocycles. The van der Waals surface area contributed by atoms with Crippen molar-refractivity contribution in [2.75, 3.05) is 10.5 Å². The summed E-state index contributed by atoms with van der Waals surface area (Å²) in [5.74, 6) is -0.508. The number of hydrogen-bond acceptors (Lipinski definition) is 3. The van der Waals surface area contributed by atoms with Gasteiger partial charge in [0.1, 0.15) is 5.82 Å². The van der Waals surface area contributed by atoms with E-state index in [9.17, 15) is 12.8 Å². The van der Waals surface area contributed by atoms with Gasteiger partial charge in [0, 0.05) is 5.69 Å². The minimum Gasteiger partial charge on any atom is -0.398 e. The summed E-state index contributed by atoms with van der Waals surface area (Å²) in [5, 5.41) is 0. The van der Waals surface area contributed by atoms with E-state index in [1.165, 1.54) is 30.3 Å². The van der Waals surface area contributed by atoms with E-state index in [1.807, 2.05) is 6.92 Å². The highest BCUT2D eigenvalue weighted by Gasteiger charge is 2.15. The highest BCUT2D eigenvalue weighted by molar-refractivity contribution is 7.92. The second kappa shape index (κ2) is 5.50. The van der Waals surface area contributed by atoms with Crippen LogP contribution in [0.3, 0.4) is 0 Å². The molecule has 2 aromatic rings. The molecule has 0 heterocycles. The first kappa shape index (κ1) is 14.3. The first-order chi connectivity index (χ1) is 9.42. The molecule has 0 spiro atoms. The van der Waals surface area contributed by atoms with Gasteiger partial charge in [-0.25, -0.2) is 12.8 Å². The lowest BCUT2D eigenvalue weighted by molar-refractivity contribution is 0.601. The highest BCUT2D eigenvalue weighted by Crippen LogP contribution is 2.21. The summed E-state index contributed by atoms with van der Waals surface area (Å²) in [6, 6.07) is 9.83. The van der Waals surface area contributed by atoms with Crippen LogP contribution in [0.2, 0.25) is 0 Å². The average Bonchev–Trinajstić information content (AvgIpc) is 2.38. The number of anilines is 2. The van der Waals surface area contributed by atoms with Crippen molar-refractivity contribution in [1.29, 1.82) is 0 Å². The van der Waals surface area contributed by atoms with Crippen LogP contribution in [0, 0.1) is 5.82 Å². The Balaban J connectivity index is 2.33. The molecule has 3 N–H and O–H groups in total. The molecule has 0 aliphatic carbocycles. The van der Waals surface area contributed by atoms with E-state index < -0.39 is 15.8 Å². The van der Waals surface area contributed by atoms with Crippen molar-refractivity contribution in [3.63, 3.8) is 0 Å². The highest BCUT2D eigenvalue weighted by atomic mass is 32.2. The topological polar surface area (TPSA) is 72.2 Å². The molecule has 20 heavy (non-hydrogen) atoms. The second-order valence-electron chi connectivity index (χ2n) is 4.33. The molecule has 0 fully saturated rings. The van der Waals surface area contributed by atoms with Crippen LogP contribution < -0.4 is 10.5 Å². The van der Waals surface area contributed by atoms with Crippen LogP contribution in [-0.2, 0) is 16.4 Å². The number of hydrogen-bond donors (Lipinski definition) is 2. The van der Waals surface area contributed by atoms with Gasteiger partial charge in [-0.15, -0.1) is 0 Å². The average molecular weight is 294 g/mol. The van der Waals surface area contributed by atoms with E-state index in [0.29, 0.717) is 5.69 Å². The fourth-order valence-corrected chi connectivity index (χ4v) is 2.91. The zero-order chi connectivity index (χ0) is 14.8.